The van der Waals surface area contributed by atoms with Crippen LogP contribution in [0.3, 0.4) is 0 Å². The summed E-state index contributed by atoms with van der Waals surface area (Å²) in [6.07, 6.45) is 1.40. The van der Waals surface area contributed by atoms with E-state index in [1.165, 1.54) is 16.3 Å². The molecule has 1 amide bonds. The quantitative estimate of drug-likeness (QED) is 0.682. The summed E-state index contributed by atoms with van der Waals surface area (Å²) < 4.78 is 5.80. The first-order valence-corrected chi connectivity index (χ1v) is 10.2. The van der Waals surface area contributed by atoms with Crippen LogP contribution in [-0.2, 0) is 16.0 Å². The van der Waals surface area contributed by atoms with Crippen LogP contribution in [-0.4, -0.2) is 36.6 Å². The molecule has 0 saturated carbocycles. The Morgan fingerprint density at radius 1 is 0.964 bits per heavy atom. The summed E-state index contributed by atoms with van der Waals surface area (Å²) in [6.45, 7) is 2.30. The lowest BCUT2D eigenvalue weighted by Crippen LogP contribution is -2.42. The van der Waals surface area contributed by atoms with Crippen molar-refractivity contribution in [3.05, 3.63) is 83.9 Å². The lowest BCUT2D eigenvalue weighted by Gasteiger charge is -2.32. The predicted octanol–water partition coefficient (Wildman–Crippen LogP) is 4.41. The Bertz CT molecular complexity index is 979. The molecule has 5 rings (SSSR count). The Morgan fingerprint density at radius 2 is 1.75 bits per heavy atom. The minimum atomic E-state index is 0.242. The molecule has 3 unspecified atom stereocenters. The van der Waals surface area contributed by atoms with Gasteiger partial charge in [0, 0.05) is 31.0 Å². The lowest BCUT2D eigenvalue weighted by molar-refractivity contribution is -0.133. The molecule has 2 aliphatic heterocycles. The normalized spacial score (nSPS) is 24.3. The van der Waals surface area contributed by atoms with E-state index in [2.05, 4.69) is 65.6 Å². The molecule has 2 fully saturated rings. The average Bonchev–Trinajstić information content (AvgIpc) is 3.15. The largest absolute Gasteiger partial charge is 0.381 e. The van der Waals surface area contributed by atoms with Gasteiger partial charge >= 0.3 is 0 Å². The molecule has 3 aromatic carbocycles. The first-order valence-electron chi connectivity index (χ1n) is 10.2. The van der Waals surface area contributed by atoms with Gasteiger partial charge in [0.1, 0.15) is 0 Å². The van der Waals surface area contributed by atoms with Crippen molar-refractivity contribution in [3.8, 4) is 0 Å². The first kappa shape index (κ1) is 17.4. The Morgan fingerprint density at radius 3 is 2.64 bits per heavy atom. The first-order chi connectivity index (χ1) is 13.8. The predicted molar refractivity (Wildman–Crippen MR) is 111 cm³/mol. The molecule has 3 nitrogen and oxygen atoms in total. The highest BCUT2D eigenvalue weighted by Crippen LogP contribution is 2.41. The fourth-order valence-electron chi connectivity index (χ4n) is 5.05. The highest BCUT2D eigenvalue weighted by Gasteiger charge is 2.45. The third-order valence-corrected chi connectivity index (χ3v) is 6.44. The highest BCUT2D eigenvalue weighted by molar-refractivity contribution is 5.90. The van der Waals surface area contributed by atoms with E-state index in [1.807, 2.05) is 12.1 Å². The van der Waals surface area contributed by atoms with E-state index in [0.717, 1.165) is 31.7 Å². The number of rotatable bonds is 3. The van der Waals surface area contributed by atoms with Gasteiger partial charge in [0.2, 0.25) is 5.91 Å². The molecular formula is C25H25NO2. The molecule has 2 saturated heterocycles. The number of carbonyl (C=O) groups excluding carboxylic acids is 1. The van der Waals surface area contributed by atoms with Gasteiger partial charge in [-0.05, 0) is 28.3 Å². The standard InChI is InChI=1S/C25H25NO2/c27-25(15-20-11-6-10-18-9-4-5-12-21(18)20)26-16-22(19-7-2-1-3-8-19)23-17-28-14-13-24(23)26/h1-12,22-24H,13-17H2. The molecule has 3 aromatic rings. The Labute approximate surface area is 165 Å². The van der Waals surface area contributed by atoms with Crippen molar-refractivity contribution in [3.63, 3.8) is 0 Å². The van der Waals surface area contributed by atoms with Crippen LogP contribution in [0.2, 0.25) is 0 Å². The SMILES string of the molecule is O=C(Cc1cccc2ccccc12)N1CC(c2ccccc2)C2COCCC21. The van der Waals surface area contributed by atoms with E-state index in [-0.39, 0.29) is 5.91 Å². The van der Waals surface area contributed by atoms with E-state index in [1.54, 1.807) is 0 Å². The highest BCUT2D eigenvalue weighted by atomic mass is 16.5. The molecule has 0 spiro atoms. The van der Waals surface area contributed by atoms with Gasteiger partial charge in [0.25, 0.3) is 0 Å². The second-order valence-corrected chi connectivity index (χ2v) is 7.97. The van der Waals surface area contributed by atoms with Gasteiger partial charge in [-0.25, -0.2) is 0 Å². The van der Waals surface area contributed by atoms with Crippen molar-refractivity contribution in [1.82, 2.24) is 4.90 Å². The Balaban J connectivity index is 1.42. The van der Waals surface area contributed by atoms with Crippen LogP contribution in [0.15, 0.2) is 72.8 Å². The van der Waals surface area contributed by atoms with E-state index >= 15 is 0 Å². The molecule has 0 N–H and O–H groups in total. The average molecular weight is 371 g/mol. The topological polar surface area (TPSA) is 29.5 Å². The molecule has 0 aromatic heterocycles. The monoisotopic (exact) mass is 371 g/mol. The number of hydrogen-bond acceptors (Lipinski definition) is 2. The summed E-state index contributed by atoms with van der Waals surface area (Å²) in [5, 5.41) is 2.38. The summed E-state index contributed by atoms with van der Waals surface area (Å²) in [5.41, 5.74) is 2.44. The Kier molecular flexibility index (Phi) is 4.61. The van der Waals surface area contributed by atoms with Crippen LogP contribution >= 0.6 is 0 Å². The van der Waals surface area contributed by atoms with Gasteiger partial charge < -0.3 is 9.64 Å². The summed E-state index contributed by atoms with van der Waals surface area (Å²) in [5.74, 6) is 1.00. The van der Waals surface area contributed by atoms with Crippen LogP contribution in [0.5, 0.6) is 0 Å². The number of amides is 1. The number of ether oxygens (including phenoxy) is 1. The third kappa shape index (κ3) is 3.10. The molecule has 142 valence electrons. The van der Waals surface area contributed by atoms with E-state index in [4.69, 9.17) is 4.74 Å². The van der Waals surface area contributed by atoms with Crippen molar-refractivity contribution in [2.75, 3.05) is 19.8 Å². The molecule has 28 heavy (non-hydrogen) atoms. The summed E-state index contributed by atoms with van der Waals surface area (Å²) in [6, 6.07) is 25.5. The fourth-order valence-corrected chi connectivity index (χ4v) is 5.05. The van der Waals surface area contributed by atoms with Crippen molar-refractivity contribution in [2.45, 2.75) is 24.8 Å². The zero-order valence-corrected chi connectivity index (χ0v) is 16.0. The molecule has 3 heteroatoms. The summed E-state index contributed by atoms with van der Waals surface area (Å²) in [7, 11) is 0. The third-order valence-electron chi connectivity index (χ3n) is 6.44. The minimum Gasteiger partial charge on any atom is -0.381 e. The molecular weight excluding hydrogens is 346 g/mol. The molecule has 0 aliphatic carbocycles. The van der Waals surface area contributed by atoms with Crippen LogP contribution in [0.4, 0.5) is 0 Å². The number of likely N-dealkylation sites (tertiary alicyclic amines) is 1. The van der Waals surface area contributed by atoms with E-state index in [9.17, 15) is 4.79 Å². The van der Waals surface area contributed by atoms with Crippen molar-refractivity contribution in [1.29, 1.82) is 0 Å². The number of hydrogen-bond donors (Lipinski definition) is 0. The Hall–Kier alpha value is -2.65. The number of nitrogens with zero attached hydrogens (tertiary/aromatic N) is 1. The van der Waals surface area contributed by atoms with Crippen molar-refractivity contribution in [2.24, 2.45) is 5.92 Å². The van der Waals surface area contributed by atoms with Crippen LogP contribution in [0, 0.1) is 5.92 Å². The lowest BCUT2D eigenvalue weighted by atomic mass is 9.84. The van der Waals surface area contributed by atoms with E-state index in [0.29, 0.717) is 24.3 Å². The summed E-state index contributed by atoms with van der Waals surface area (Å²) >= 11 is 0. The minimum absolute atomic E-state index is 0.242. The van der Waals surface area contributed by atoms with Gasteiger partial charge in [-0.2, -0.15) is 0 Å². The molecule has 3 atom stereocenters. The maximum Gasteiger partial charge on any atom is 0.227 e. The molecule has 2 heterocycles. The second kappa shape index (κ2) is 7.40. The van der Waals surface area contributed by atoms with Gasteiger partial charge in [-0.15, -0.1) is 0 Å². The van der Waals surface area contributed by atoms with Crippen molar-refractivity contribution < 1.29 is 9.53 Å². The smallest absolute Gasteiger partial charge is 0.227 e. The van der Waals surface area contributed by atoms with Crippen LogP contribution < -0.4 is 0 Å². The number of benzene rings is 3. The van der Waals surface area contributed by atoms with Gasteiger partial charge in [0.05, 0.1) is 13.0 Å². The fraction of sp³-hybridized carbons (Fsp3) is 0.320. The van der Waals surface area contributed by atoms with E-state index < -0.39 is 0 Å². The number of carbonyl (C=O) groups is 1. The zero-order valence-electron chi connectivity index (χ0n) is 16.0. The molecule has 0 bridgehead atoms. The summed E-state index contributed by atoms with van der Waals surface area (Å²) in [4.78, 5) is 15.5. The van der Waals surface area contributed by atoms with Crippen molar-refractivity contribution >= 4 is 16.7 Å². The zero-order chi connectivity index (χ0) is 18.9. The van der Waals surface area contributed by atoms with Crippen LogP contribution in [0.25, 0.3) is 10.8 Å². The van der Waals surface area contributed by atoms with Gasteiger partial charge in [0.15, 0.2) is 0 Å². The molecule has 0 radical (unpaired) electrons. The number of fused-ring (bicyclic) bond motifs is 2. The van der Waals surface area contributed by atoms with Gasteiger partial charge in [-0.1, -0.05) is 72.8 Å². The molecule has 2 aliphatic rings. The maximum absolute atomic E-state index is 13.4. The van der Waals surface area contributed by atoms with Crippen LogP contribution in [0.1, 0.15) is 23.5 Å². The second-order valence-electron chi connectivity index (χ2n) is 7.97. The van der Waals surface area contributed by atoms with Gasteiger partial charge in [-0.3, -0.25) is 4.79 Å². The maximum atomic E-state index is 13.4.